The zero-order valence-electron chi connectivity index (χ0n) is 14.7. The number of nitrogens with one attached hydrogen (secondary N) is 1. The Labute approximate surface area is 157 Å². The van der Waals surface area contributed by atoms with Gasteiger partial charge in [-0.15, -0.1) is 0 Å². The lowest BCUT2D eigenvalue weighted by molar-refractivity contribution is -0.117. The van der Waals surface area contributed by atoms with E-state index in [9.17, 15) is 17.6 Å². The summed E-state index contributed by atoms with van der Waals surface area (Å²) in [5.74, 6) is -1.27. The minimum Gasteiger partial charge on any atom is -0.324 e. The van der Waals surface area contributed by atoms with Crippen molar-refractivity contribution in [1.82, 2.24) is 0 Å². The molecule has 0 saturated carbocycles. The maximum absolute atomic E-state index is 14.2. The van der Waals surface area contributed by atoms with Crippen molar-refractivity contribution in [2.45, 2.75) is 26.3 Å². The maximum atomic E-state index is 14.2. The van der Waals surface area contributed by atoms with Crippen LogP contribution >= 0.6 is 11.6 Å². The summed E-state index contributed by atoms with van der Waals surface area (Å²) in [4.78, 5) is 12.8. The number of para-hydroxylation sites is 1. The minimum absolute atomic E-state index is 0.162. The van der Waals surface area contributed by atoms with Gasteiger partial charge in [0.2, 0.25) is 15.9 Å². The number of anilines is 2. The van der Waals surface area contributed by atoms with Crippen molar-refractivity contribution in [3.63, 3.8) is 0 Å². The van der Waals surface area contributed by atoms with E-state index in [4.69, 9.17) is 11.6 Å². The molecule has 0 aromatic heterocycles. The summed E-state index contributed by atoms with van der Waals surface area (Å²) in [6, 6.07) is 9.30. The van der Waals surface area contributed by atoms with Gasteiger partial charge in [0.25, 0.3) is 0 Å². The van der Waals surface area contributed by atoms with E-state index in [0.717, 1.165) is 22.2 Å². The van der Waals surface area contributed by atoms with Crippen molar-refractivity contribution in [3.05, 3.63) is 58.9 Å². The van der Waals surface area contributed by atoms with Gasteiger partial charge >= 0.3 is 0 Å². The molecule has 0 heterocycles. The van der Waals surface area contributed by atoms with Gasteiger partial charge in [-0.25, -0.2) is 12.8 Å². The number of rotatable bonds is 6. The van der Waals surface area contributed by atoms with E-state index < -0.39 is 27.8 Å². The number of aryl methyl sites for hydroxylation is 1. The van der Waals surface area contributed by atoms with Crippen LogP contribution in [0.15, 0.2) is 42.5 Å². The third-order valence-electron chi connectivity index (χ3n) is 3.87. The first-order valence-electron chi connectivity index (χ1n) is 7.96. The maximum Gasteiger partial charge on any atom is 0.248 e. The topological polar surface area (TPSA) is 66.5 Å². The molecule has 2 aromatic rings. The van der Waals surface area contributed by atoms with E-state index in [2.05, 4.69) is 5.32 Å². The van der Waals surface area contributed by atoms with Gasteiger partial charge in [-0.1, -0.05) is 30.7 Å². The van der Waals surface area contributed by atoms with Crippen molar-refractivity contribution in [2.75, 3.05) is 15.9 Å². The normalized spacial score (nSPS) is 12.5. The van der Waals surface area contributed by atoms with Crippen LogP contribution in [0.2, 0.25) is 5.02 Å². The fourth-order valence-corrected chi connectivity index (χ4v) is 4.09. The van der Waals surface area contributed by atoms with Gasteiger partial charge in [-0.05, 0) is 49.2 Å². The lowest BCUT2D eigenvalue weighted by Crippen LogP contribution is -2.47. The molecule has 0 aliphatic carbocycles. The van der Waals surface area contributed by atoms with Gasteiger partial charge in [0.15, 0.2) is 0 Å². The van der Waals surface area contributed by atoms with Crippen LogP contribution in [0.1, 0.15) is 18.9 Å². The number of benzene rings is 2. The summed E-state index contributed by atoms with van der Waals surface area (Å²) < 4.78 is 39.7. The molecular weight excluding hydrogens is 379 g/mol. The Morgan fingerprint density at radius 1 is 1.27 bits per heavy atom. The van der Waals surface area contributed by atoms with Crippen LogP contribution in [-0.4, -0.2) is 26.6 Å². The molecule has 26 heavy (non-hydrogen) atoms. The van der Waals surface area contributed by atoms with E-state index >= 15 is 0 Å². The van der Waals surface area contributed by atoms with Crippen molar-refractivity contribution < 1.29 is 17.6 Å². The summed E-state index contributed by atoms with van der Waals surface area (Å²) >= 11 is 5.91. The first kappa shape index (κ1) is 20.2. The summed E-state index contributed by atoms with van der Waals surface area (Å²) in [6.07, 6.45) is 1.11. The van der Waals surface area contributed by atoms with Crippen LogP contribution in [0.5, 0.6) is 0 Å². The Bertz CT molecular complexity index is 918. The van der Waals surface area contributed by atoms with Crippen LogP contribution in [0.3, 0.4) is 0 Å². The summed E-state index contributed by atoms with van der Waals surface area (Å²) in [5.41, 5.74) is 1.09. The fraction of sp³-hybridized carbons (Fsp3) is 0.278. The van der Waals surface area contributed by atoms with Crippen LogP contribution < -0.4 is 9.62 Å². The summed E-state index contributed by atoms with van der Waals surface area (Å²) in [7, 11) is -3.89. The summed E-state index contributed by atoms with van der Waals surface area (Å²) in [5, 5.41) is 3.23. The van der Waals surface area contributed by atoms with E-state index in [1.807, 2.05) is 0 Å². The first-order chi connectivity index (χ1) is 12.1. The Balaban J connectivity index is 2.42. The molecule has 2 rings (SSSR count). The van der Waals surface area contributed by atoms with Crippen molar-refractivity contribution in [3.8, 4) is 0 Å². The third-order valence-corrected chi connectivity index (χ3v) is 5.27. The highest BCUT2D eigenvalue weighted by Gasteiger charge is 2.33. The lowest BCUT2D eigenvalue weighted by Gasteiger charge is -2.30. The van der Waals surface area contributed by atoms with Crippen molar-refractivity contribution in [2.24, 2.45) is 0 Å². The van der Waals surface area contributed by atoms with E-state index in [1.165, 1.54) is 18.2 Å². The average Bonchev–Trinajstić information content (AvgIpc) is 2.55. The predicted octanol–water partition coefficient (Wildman–Crippen LogP) is 3.97. The molecule has 5 nitrogen and oxygen atoms in total. The second-order valence-electron chi connectivity index (χ2n) is 5.88. The quantitative estimate of drug-likeness (QED) is 0.800. The van der Waals surface area contributed by atoms with Gasteiger partial charge in [0, 0.05) is 10.7 Å². The van der Waals surface area contributed by atoms with Gasteiger partial charge in [-0.2, -0.15) is 0 Å². The van der Waals surface area contributed by atoms with Crippen LogP contribution in [-0.2, 0) is 14.8 Å². The van der Waals surface area contributed by atoms with Gasteiger partial charge in [0.1, 0.15) is 11.9 Å². The second-order valence-corrected chi connectivity index (χ2v) is 8.18. The highest BCUT2D eigenvalue weighted by molar-refractivity contribution is 7.92. The number of carbonyl (C=O) groups is 1. The standard InChI is InChI=1S/C18H20ClFN2O3S/c1-4-16(18(23)21-15-10-9-13(19)11-12(15)2)22(26(3,24)25)17-8-6-5-7-14(17)20/h5-11,16H,4H2,1-3H3,(H,21,23)/t16-/m0/s1. The third kappa shape index (κ3) is 4.53. The Hall–Kier alpha value is -2.12. The molecule has 0 spiro atoms. The molecule has 0 radical (unpaired) electrons. The average molecular weight is 399 g/mol. The van der Waals surface area contributed by atoms with Crippen LogP contribution in [0, 0.1) is 12.7 Å². The SMILES string of the molecule is CC[C@@H](C(=O)Nc1ccc(Cl)cc1C)N(c1ccccc1F)S(C)(=O)=O. The highest BCUT2D eigenvalue weighted by atomic mass is 35.5. The van der Waals surface area contributed by atoms with E-state index in [0.29, 0.717) is 10.7 Å². The Morgan fingerprint density at radius 3 is 2.46 bits per heavy atom. The zero-order valence-corrected chi connectivity index (χ0v) is 16.2. The number of carbonyl (C=O) groups excluding carboxylic acids is 1. The largest absolute Gasteiger partial charge is 0.324 e. The molecule has 8 heteroatoms. The number of sulfonamides is 1. The van der Waals surface area contributed by atoms with E-state index in [-0.39, 0.29) is 12.1 Å². The summed E-state index contributed by atoms with van der Waals surface area (Å²) in [6.45, 7) is 3.44. The van der Waals surface area contributed by atoms with Crippen molar-refractivity contribution >= 4 is 38.9 Å². The van der Waals surface area contributed by atoms with Gasteiger partial charge in [-0.3, -0.25) is 9.10 Å². The molecule has 0 fully saturated rings. The molecule has 140 valence electrons. The van der Waals surface area contributed by atoms with E-state index in [1.54, 1.807) is 32.0 Å². The number of hydrogen-bond donors (Lipinski definition) is 1. The molecule has 0 bridgehead atoms. The first-order valence-corrected chi connectivity index (χ1v) is 10.2. The number of amides is 1. The van der Waals surface area contributed by atoms with Gasteiger partial charge < -0.3 is 5.32 Å². The highest BCUT2D eigenvalue weighted by Crippen LogP contribution is 2.27. The monoisotopic (exact) mass is 398 g/mol. The smallest absolute Gasteiger partial charge is 0.248 e. The molecule has 0 aliphatic heterocycles. The Kier molecular flexibility index (Phi) is 6.26. The Morgan fingerprint density at radius 2 is 1.92 bits per heavy atom. The minimum atomic E-state index is -3.89. The molecule has 1 N–H and O–H groups in total. The van der Waals surface area contributed by atoms with Crippen molar-refractivity contribution in [1.29, 1.82) is 0 Å². The molecule has 1 amide bonds. The zero-order chi connectivity index (χ0) is 19.5. The van der Waals surface area contributed by atoms with Crippen LogP contribution in [0.4, 0.5) is 15.8 Å². The second kappa shape index (κ2) is 8.05. The predicted molar refractivity (Wildman–Crippen MR) is 103 cm³/mol. The van der Waals surface area contributed by atoms with Crippen LogP contribution in [0.25, 0.3) is 0 Å². The van der Waals surface area contributed by atoms with Gasteiger partial charge in [0.05, 0.1) is 11.9 Å². The number of nitrogens with zero attached hydrogens (tertiary/aromatic N) is 1. The number of halogens is 2. The number of hydrogen-bond acceptors (Lipinski definition) is 3. The molecule has 0 unspecified atom stereocenters. The molecule has 2 aromatic carbocycles. The fourth-order valence-electron chi connectivity index (χ4n) is 2.65. The molecule has 0 saturated heterocycles. The molecular formula is C18H20ClFN2O3S. The molecule has 0 aliphatic rings. The molecule has 1 atom stereocenters. The lowest BCUT2D eigenvalue weighted by atomic mass is 10.1.